The molecular weight excluding hydrogens is 243 g/mol. The molecule has 0 aliphatic carbocycles. The Bertz CT molecular complexity index is 531. The molecule has 2 aromatic rings. The Morgan fingerprint density at radius 3 is 2.84 bits per heavy atom. The predicted octanol–water partition coefficient (Wildman–Crippen LogP) is 3.08. The van der Waals surface area contributed by atoms with Crippen LogP contribution >= 0.6 is 0 Å². The van der Waals surface area contributed by atoms with Crippen molar-refractivity contribution in [2.75, 3.05) is 7.11 Å². The minimum Gasteiger partial charge on any atom is -0.494 e. The van der Waals surface area contributed by atoms with Crippen molar-refractivity contribution >= 4 is 0 Å². The number of rotatable bonds is 5. The number of aromatic nitrogens is 1. The first kappa shape index (κ1) is 13.5. The fourth-order valence-electron chi connectivity index (χ4n) is 1.84. The van der Waals surface area contributed by atoms with Crippen LogP contribution in [0.15, 0.2) is 42.7 Å². The lowest BCUT2D eigenvalue weighted by Crippen LogP contribution is -2.18. The van der Waals surface area contributed by atoms with Crippen molar-refractivity contribution in [3.8, 4) is 5.75 Å². The van der Waals surface area contributed by atoms with Gasteiger partial charge in [0.1, 0.15) is 0 Å². The van der Waals surface area contributed by atoms with Crippen LogP contribution in [0.25, 0.3) is 0 Å². The topological polar surface area (TPSA) is 34.1 Å². The van der Waals surface area contributed by atoms with Crippen LogP contribution in [0.3, 0.4) is 0 Å². The first-order chi connectivity index (χ1) is 9.20. The number of methoxy groups -OCH3 is 1. The Morgan fingerprint density at radius 1 is 1.37 bits per heavy atom. The summed E-state index contributed by atoms with van der Waals surface area (Å²) in [6.07, 6.45) is 3.57. The number of nitrogens with one attached hydrogen (secondary N) is 1. The average molecular weight is 260 g/mol. The first-order valence-electron chi connectivity index (χ1n) is 6.16. The van der Waals surface area contributed by atoms with E-state index in [4.69, 9.17) is 4.74 Å². The highest BCUT2D eigenvalue weighted by atomic mass is 19.1. The van der Waals surface area contributed by atoms with Crippen molar-refractivity contribution < 1.29 is 9.13 Å². The van der Waals surface area contributed by atoms with Crippen LogP contribution in [-0.2, 0) is 6.54 Å². The summed E-state index contributed by atoms with van der Waals surface area (Å²) in [5.41, 5.74) is 1.99. The minimum absolute atomic E-state index is 0.166. The molecule has 19 heavy (non-hydrogen) atoms. The van der Waals surface area contributed by atoms with Gasteiger partial charge in [0.25, 0.3) is 0 Å². The van der Waals surface area contributed by atoms with E-state index in [1.54, 1.807) is 12.3 Å². The van der Waals surface area contributed by atoms with E-state index < -0.39 is 0 Å². The van der Waals surface area contributed by atoms with E-state index in [0.717, 1.165) is 11.1 Å². The molecule has 1 unspecified atom stereocenters. The quantitative estimate of drug-likeness (QED) is 0.897. The van der Waals surface area contributed by atoms with Gasteiger partial charge in [-0.1, -0.05) is 12.1 Å². The number of benzene rings is 1. The van der Waals surface area contributed by atoms with Crippen molar-refractivity contribution in [3.05, 3.63) is 59.7 Å². The van der Waals surface area contributed by atoms with E-state index >= 15 is 0 Å². The molecule has 0 saturated carbocycles. The number of pyridine rings is 1. The zero-order valence-electron chi connectivity index (χ0n) is 11.1. The molecular formula is C15H17FN2O. The lowest BCUT2D eigenvalue weighted by Gasteiger charge is -2.14. The molecule has 0 saturated heterocycles. The molecule has 0 amide bonds. The third kappa shape index (κ3) is 3.51. The Kier molecular flexibility index (Phi) is 4.47. The molecule has 0 bridgehead atoms. The second-order valence-electron chi connectivity index (χ2n) is 4.36. The van der Waals surface area contributed by atoms with Gasteiger partial charge in [0.15, 0.2) is 11.6 Å². The largest absolute Gasteiger partial charge is 0.494 e. The Morgan fingerprint density at radius 2 is 2.21 bits per heavy atom. The molecule has 4 heteroatoms. The molecule has 1 heterocycles. The molecule has 0 aliphatic rings. The predicted molar refractivity (Wildman–Crippen MR) is 72.4 cm³/mol. The average Bonchev–Trinajstić information content (AvgIpc) is 2.46. The molecule has 1 aromatic carbocycles. The highest BCUT2D eigenvalue weighted by Gasteiger charge is 2.06. The highest BCUT2D eigenvalue weighted by molar-refractivity contribution is 5.29. The molecule has 3 nitrogen and oxygen atoms in total. The van der Waals surface area contributed by atoms with Crippen LogP contribution in [0.1, 0.15) is 24.1 Å². The molecule has 0 spiro atoms. The van der Waals surface area contributed by atoms with Crippen LogP contribution in [0.4, 0.5) is 4.39 Å². The van der Waals surface area contributed by atoms with Crippen molar-refractivity contribution in [1.29, 1.82) is 0 Å². The third-order valence-electron chi connectivity index (χ3n) is 3.01. The summed E-state index contributed by atoms with van der Waals surface area (Å²) in [4.78, 5) is 4.08. The number of hydrogen-bond donors (Lipinski definition) is 1. The van der Waals surface area contributed by atoms with Crippen molar-refractivity contribution in [2.45, 2.75) is 19.5 Å². The molecule has 0 radical (unpaired) electrons. The molecule has 0 aliphatic heterocycles. The van der Waals surface area contributed by atoms with Gasteiger partial charge in [-0.15, -0.1) is 0 Å². The smallest absolute Gasteiger partial charge is 0.165 e. The van der Waals surface area contributed by atoms with Crippen LogP contribution in [0.2, 0.25) is 0 Å². The molecule has 1 aromatic heterocycles. The van der Waals surface area contributed by atoms with Gasteiger partial charge >= 0.3 is 0 Å². The SMILES string of the molecule is COc1ccc(CNC(C)c2cccnc2)cc1F. The van der Waals surface area contributed by atoms with Gasteiger partial charge in [0.05, 0.1) is 7.11 Å². The standard InChI is InChI=1S/C15H17FN2O/c1-11(13-4-3-7-17-10-13)18-9-12-5-6-15(19-2)14(16)8-12/h3-8,10-11,18H,9H2,1-2H3. The maximum absolute atomic E-state index is 13.5. The zero-order chi connectivity index (χ0) is 13.7. The fourth-order valence-corrected chi connectivity index (χ4v) is 1.84. The summed E-state index contributed by atoms with van der Waals surface area (Å²) < 4.78 is 18.4. The highest BCUT2D eigenvalue weighted by Crippen LogP contribution is 2.18. The maximum Gasteiger partial charge on any atom is 0.165 e. The summed E-state index contributed by atoms with van der Waals surface area (Å²) in [6, 6.07) is 9.06. The van der Waals surface area contributed by atoms with E-state index in [1.807, 2.05) is 24.4 Å². The second-order valence-corrected chi connectivity index (χ2v) is 4.36. The molecule has 0 fully saturated rings. The fraction of sp³-hybridized carbons (Fsp3) is 0.267. The monoisotopic (exact) mass is 260 g/mol. The van der Waals surface area contributed by atoms with Crippen LogP contribution in [-0.4, -0.2) is 12.1 Å². The van der Waals surface area contributed by atoms with Crippen LogP contribution in [0, 0.1) is 5.82 Å². The van der Waals surface area contributed by atoms with E-state index in [1.165, 1.54) is 13.2 Å². The minimum atomic E-state index is -0.337. The zero-order valence-corrected chi connectivity index (χ0v) is 11.1. The molecule has 100 valence electrons. The van der Waals surface area contributed by atoms with E-state index in [9.17, 15) is 4.39 Å². The summed E-state index contributed by atoms with van der Waals surface area (Å²) >= 11 is 0. The number of nitrogens with zero attached hydrogens (tertiary/aromatic N) is 1. The Hall–Kier alpha value is -1.94. The van der Waals surface area contributed by atoms with Gasteiger partial charge in [-0.2, -0.15) is 0 Å². The third-order valence-corrected chi connectivity index (χ3v) is 3.01. The van der Waals surface area contributed by atoms with Crippen molar-refractivity contribution in [1.82, 2.24) is 10.3 Å². The van der Waals surface area contributed by atoms with Crippen molar-refractivity contribution in [3.63, 3.8) is 0 Å². The van der Waals surface area contributed by atoms with E-state index in [0.29, 0.717) is 6.54 Å². The van der Waals surface area contributed by atoms with Crippen LogP contribution < -0.4 is 10.1 Å². The van der Waals surface area contributed by atoms with Gasteiger partial charge in [-0.05, 0) is 36.2 Å². The van der Waals surface area contributed by atoms with E-state index in [2.05, 4.69) is 17.2 Å². The lowest BCUT2D eigenvalue weighted by molar-refractivity contribution is 0.386. The summed E-state index contributed by atoms with van der Waals surface area (Å²) in [5, 5.41) is 3.33. The number of hydrogen-bond acceptors (Lipinski definition) is 3. The molecule has 2 rings (SSSR count). The van der Waals surface area contributed by atoms with Gasteiger partial charge in [0, 0.05) is 25.0 Å². The normalized spacial score (nSPS) is 12.2. The summed E-state index contributed by atoms with van der Waals surface area (Å²) in [6.45, 7) is 2.65. The number of ether oxygens (including phenoxy) is 1. The van der Waals surface area contributed by atoms with Gasteiger partial charge in [0.2, 0.25) is 0 Å². The Balaban J connectivity index is 1.97. The maximum atomic E-state index is 13.5. The Labute approximate surface area is 112 Å². The number of halogens is 1. The van der Waals surface area contributed by atoms with Crippen LogP contribution in [0.5, 0.6) is 5.75 Å². The van der Waals surface area contributed by atoms with Gasteiger partial charge < -0.3 is 10.1 Å². The summed E-state index contributed by atoms with van der Waals surface area (Å²) in [7, 11) is 1.46. The summed E-state index contributed by atoms with van der Waals surface area (Å²) in [5.74, 6) is -0.0695. The molecule has 1 atom stereocenters. The van der Waals surface area contributed by atoms with E-state index in [-0.39, 0.29) is 17.6 Å². The second kappa shape index (κ2) is 6.29. The van der Waals surface area contributed by atoms with Crippen molar-refractivity contribution in [2.24, 2.45) is 0 Å². The lowest BCUT2D eigenvalue weighted by atomic mass is 10.1. The van der Waals surface area contributed by atoms with Gasteiger partial charge in [-0.3, -0.25) is 4.98 Å². The molecule has 1 N–H and O–H groups in total. The van der Waals surface area contributed by atoms with Gasteiger partial charge in [-0.25, -0.2) is 4.39 Å². The first-order valence-corrected chi connectivity index (χ1v) is 6.16.